The van der Waals surface area contributed by atoms with Gasteiger partial charge in [0.15, 0.2) is 17.7 Å². The van der Waals surface area contributed by atoms with E-state index in [2.05, 4.69) is 6.92 Å². The number of allylic oxidation sites excluding steroid dienone is 4. The Morgan fingerprint density at radius 1 is 1.21 bits per heavy atom. The van der Waals surface area contributed by atoms with Crippen molar-refractivity contribution >= 4 is 27.9 Å². The number of halogens is 1. The highest BCUT2D eigenvalue weighted by molar-refractivity contribution is 8.26. The van der Waals surface area contributed by atoms with Crippen molar-refractivity contribution in [3.8, 4) is 0 Å². The quantitative estimate of drug-likeness (QED) is 0.560. The van der Waals surface area contributed by atoms with Gasteiger partial charge in [-0.3, -0.25) is 14.4 Å². The van der Waals surface area contributed by atoms with E-state index in [-0.39, 0.29) is 35.5 Å². The Bertz CT molecular complexity index is 1310. The summed E-state index contributed by atoms with van der Waals surface area (Å²) < 4.78 is 27.7. The molecule has 7 nitrogen and oxygen atoms in total. The topological polar surface area (TPSA) is 93.1 Å². The van der Waals surface area contributed by atoms with E-state index >= 15 is 0 Å². The molecule has 0 bridgehead atoms. The Balaban J connectivity index is 1.42. The fourth-order valence-corrected chi connectivity index (χ4v) is 9.37. The lowest BCUT2D eigenvalue weighted by molar-refractivity contribution is -0.195. The minimum absolute atomic E-state index is 0.0282. The van der Waals surface area contributed by atoms with Crippen molar-refractivity contribution in [1.29, 1.82) is 0 Å². The first-order valence-electron chi connectivity index (χ1n) is 13.6. The second-order valence-electron chi connectivity index (χ2n) is 12.3. The van der Waals surface area contributed by atoms with Gasteiger partial charge in [0.05, 0.1) is 12.2 Å². The third-order valence-corrected chi connectivity index (χ3v) is 11.3. The lowest BCUT2D eigenvalue weighted by atomic mass is 9.46. The summed E-state index contributed by atoms with van der Waals surface area (Å²) in [7, 11) is 3.16. The van der Waals surface area contributed by atoms with Crippen molar-refractivity contribution in [2.45, 2.75) is 63.6 Å². The Kier molecular flexibility index (Phi) is 6.26. The van der Waals surface area contributed by atoms with E-state index < -0.39 is 51.1 Å². The molecule has 39 heavy (non-hydrogen) atoms. The van der Waals surface area contributed by atoms with E-state index in [0.29, 0.717) is 18.2 Å². The van der Waals surface area contributed by atoms with Crippen LogP contribution in [0.1, 0.15) is 51.4 Å². The van der Waals surface area contributed by atoms with Gasteiger partial charge in [-0.2, -0.15) is 0 Å². The molecular weight excluding hydrogens is 521 g/mol. The monoisotopic (exact) mass is 555 g/mol. The molecule has 1 aliphatic heterocycles. The number of carbonyl (C=O) groups is 3. The number of rotatable bonds is 2. The van der Waals surface area contributed by atoms with E-state index in [4.69, 9.17) is 9.47 Å². The predicted octanol–water partition coefficient (Wildman–Crippen LogP) is 4.81. The molecule has 0 spiro atoms. The number of nitrogens with zero attached hydrogens (tertiary/aromatic N) is 1. The summed E-state index contributed by atoms with van der Waals surface area (Å²) in [5, 5.41) is 10.9. The van der Waals surface area contributed by atoms with Gasteiger partial charge >= 0.3 is 0 Å². The first kappa shape index (κ1) is 26.9. The van der Waals surface area contributed by atoms with Crippen LogP contribution < -0.4 is 0 Å². The third-order valence-electron chi connectivity index (χ3n) is 10.2. The molecule has 208 valence electrons. The number of benzene rings is 1. The van der Waals surface area contributed by atoms with Gasteiger partial charge in [-0.05, 0) is 55.7 Å². The second-order valence-corrected chi connectivity index (χ2v) is 13.3. The van der Waals surface area contributed by atoms with Gasteiger partial charge in [0.1, 0.15) is 5.82 Å². The molecule has 6 rings (SSSR count). The zero-order chi connectivity index (χ0) is 27.9. The van der Waals surface area contributed by atoms with Crippen LogP contribution in [-0.2, 0) is 19.1 Å². The van der Waals surface area contributed by atoms with Crippen molar-refractivity contribution < 1.29 is 33.4 Å². The van der Waals surface area contributed by atoms with Crippen molar-refractivity contribution in [2.75, 3.05) is 14.1 Å². The molecule has 4 aliphatic carbocycles. The summed E-state index contributed by atoms with van der Waals surface area (Å²) in [6, 6.07) is 6.17. The molecule has 1 aromatic carbocycles. The van der Waals surface area contributed by atoms with Crippen LogP contribution >= 0.6 is 11.8 Å². The molecule has 9 atom stereocenters. The van der Waals surface area contributed by atoms with Crippen molar-refractivity contribution in [3.63, 3.8) is 0 Å². The lowest BCUT2D eigenvalue weighted by Gasteiger charge is -2.59. The number of ether oxygens (including phenoxy) is 2. The van der Waals surface area contributed by atoms with E-state index in [9.17, 15) is 23.9 Å². The van der Waals surface area contributed by atoms with Crippen LogP contribution in [0.25, 0.3) is 0 Å². The van der Waals surface area contributed by atoms with Crippen molar-refractivity contribution in [3.05, 3.63) is 59.4 Å². The Labute approximate surface area is 231 Å². The maximum Gasteiger partial charge on any atom is 0.288 e. The predicted molar refractivity (Wildman–Crippen MR) is 143 cm³/mol. The molecule has 0 radical (unpaired) electrons. The molecule has 1 N–H and O–H groups in total. The molecule has 1 saturated heterocycles. The van der Waals surface area contributed by atoms with Crippen molar-refractivity contribution in [1.82, 2.24) is 4.90 Å². The van der Waals surface area contributed by atoms with Gasteiger partial charge in [0, 0.05) is 48.2 Å². The number of aliphatic hydroxyl groups excluding tert-OH is 1. The number of ketones is 1. The number of hydrogen-bond acceptors (Lipinski definition) is 7. The Morgan fingerprint density at radius 2 is 1.95 bits per heavy atom. The summed E-state index contributed by atoms with van der Waals surface area (Å²) in [5.74, 6) is -0.654. The molecule has 5 aliphatic rings. The van der Waals surface area contributed by atoms with Gasteiger partial charge in [0.2, 0.25) is 5.12 Å². The number of carbonyl (C=O) groups excluding carboxylic acids is 3. The van der Waals surface area contributed by atoms with Gasteiger partial charge < -0.3 is 19.5 Å². The summed E-state index contributed by atoms with van der Waals surface area (Å²) >= 11 is 0.586. The van der Waals surface area contributed by atoms with E-state index in [1.54, 1.807) is 44.4 Å². The highest BCUT2D eigenvalue weighted by Crippen LogP contribution is 2.71. The van der Waals surface area contributed by atoms with Crippen LogP contribution in [0, 0.1) is 34.4 Å². The summed E-state index contributed by atoms with van der Waals surface area (Å²) in [6.07, 6.45) is 4.91. The van der Waals surface area contributed by atoms with E-state index in [0.717, 1.165) is 18.4 Å². The molecule has 0 aromatic heterocycles. The average Bonchev–Trinajstić information content (AvgIpc) is 3.37. The largest absolute Gasteiger partial charge is 0.393 e. The number of thioether (sulfide) groups is 1. The first-order valence-corrected chi connectivity index (χ1v) is 14.4. The Hall–Kier alpha value is -2.33. The average molecular weight is 556 g/mol. The van der Waals surface area contributed by atoms with Gasteiger partial charge in [-0.25, -0.2) is 4.39 Å². The summed E-state index contributed by atoms with van der Waals surface area (Å²) in [6.45, 7) is 4.06. The maximum atomic E-state index is 14.8. The highest BCUT2D eigenvalue weighted by Gasteiger charge is 2.76. The molecule has 3 saturated carbocycles. The van der Waals surface area contributed by atoms with Gasteiger partial charge in [-0.1, -0.05) is 43.7 Å². The van der Waals surface area contributed by atoms with Gasteiger partial charge in [0.25, 0.3) is 5.24 Å². The number of amides is 1. The second kappa shape index (κ2) is 9.09. The number of aliphatic hydroxyl groups is 1. The first-order chi connectivity index (χ1) is 18.4. The summed E-state index contributed by atoms with van der Waals surface area (Å²) in [5.41, 5.74) is -1.61. The lowest BCUT2D eigenvalue weighted by Crippen LogP contribution is -2.62. The zero-order valence-corrected chi connectivity index (χ0v) is 23.4. The molecule has 1 aromatic rings. The van der Waals surface area contributed by atoms with Crippen LogP contribution in [0.3, 0.4) is 0 Å². The fraction of sp³-hybridized carbons (Fsp3) is 0.567. The van der Waals surface area contributed by atoms with Crippen LogP contribution in [-0.4, -0.2) is 58.0 Å². The van der Waals surface area contributed by atoms with E-state index in [1.807, 2.05) is 13.0 Å². The zero-order valence-electron chi connectivity index (χ0n) is 22.6. The third kappa shape index (κ3) is 3.69. The van der Waals surface area contributed by atoms with Crippen LogP contribution in [0.5, 0.6) is 0 Å². The number of fused-ring (bicyclic) bond motifs is 7. The van der Waals surface area contributed by atoms with Gasteiger partial charge in [-0.15, -0.1) is 0 Å². The normalized spacial score (nSPS) is 42.2. The minimum Gasteiger partial charge on any atom is -0.393 e. The van der Waals surface area contributed by atoms with Crippen LogP contribution in [0.4, 0.5) is 9.18 Å². The van der Waals surface area contributed by atoms with Crippen molar-refractivity contribution in [2.24, 2.45) is 28.6 Å². The van der Waals surface area contributed by atoms with E-state index in [1.165, 1.54) is 11.0 Å². The minimum atomic E-state index is -1.54. The van der Waals surface area contributed by atoms with Crippen LogP contribution in [0.2, 0.25) is 0 Å². The van der Waals surface area contributed by atoms with Crippen LogP contribution in [0.15, 0.2) is 48.1 Å². The molecule has 1 unspecified atom stereocenters. The maximum absolute atomic E-state index is 14.8. The molecular formula is C30H34FNO6S. The number of hydrogen-bond donors (Lipinski definition) is 1. The molecule has 9 heteroatoms. The molecule has 4 fully saturated rings. The SMILES string of the molecule is CN(C)C(=O)SC(=O)[C@@]12OC(c3ccccc3F)O[C@@H]1C[C@H]1[C@@H]3CCC4=CC(=O)C=C[C@]4(C)[C@H]3[C@@H](O)C[C@@]12C. The summed E-state index contributed by atoms with van der Waals surface area (Å²) in [4.78, 5) is 40.3. The molecule has 1 amide bonds. The fourth-order valence-electron chi connectivity index (χ4n) is 8.47. The Morgan fingerprint density at radius 3 is 2.67 bits per heavy atom. The standard InChI is InChI=1S/C30H34FNO6S/c1-28-12-11-17(33)13-16(28)9-10-18-20-14-23-30(26(35)39-27(36)32(3)4,29(20,2)15-22(34)24(18)28)38-25(37-23)19-7-5-6-8-21(19)31/h5-8,11-13,18,20,22-25,34H,9-10,14-15H2,1-4H3/t18-,20-,22-,23+,24+,25?,28-,29-,30-/m0/s1. The smallest absolute Gasteiger partial charge is 0.288 e. The molecule has 1 heterocycles. The highest BCUT2D eigenvalue weighted by atomic mass is 32.2.